The minimum absolute atomic E-state index is 0.186. The number of nitrogens with two attached hydrogens (primary N) is 2. The molecule has 128 valence electrons. The Hall–Kier alpha value is -1.92. The Bertz CT molecular complexity index is 827. The molecule has 24 heavy (non-hydrogen) atoms. The summed E-state index contributed by atoms with van der Waals surface area (Å²) in [6.07, 6.45) is 2.69. The Morgan fingerprint density at radius 3 is 1.33 bits per heavy atom. The molecular formula is C14H16N2O6P2. The highest BCUT2D eigenvalue weighted by molar-refractivity contribution is 7.60. The average Bonchev–Trinajstić information content (AvgIpc) is 2.45. The lowest BCUT2D eigenvalue weighted by molar-refractivity contribution is 0.385. The number of benzene rings is 2. The summed E-state index contributed by atoms with van der Waals surface area (Å²) in [7, 11) is -9.12. The largest absolute Gasteiger partial charge is 0.399 e. The van der Waals surface area contributed by atoms with E-state index in [1.807, 2.05) is 0 Å². The molecule has 0 aliphatic rings. The lowest BCUT2D eigenvalue weighted by Crippen LogP contribution is -2.11. The van der Waals surface area contributed by atoms with Gasteiger partial charge in [0.1, 0.15) is 0 Å². The first-order valence-corrected chi connectivity index (χ1v) is 9.80. The van der Waals surface area contributed by atoms with Crippen LogP contribution in [-0.2, 0) is 9.13 Å². The highest BCUT2D eigenvalue weighted by Gasteiger charge is 2.22. The summed E-state index contributed by atoms with van der Waals surface area (Å²) in [5.74, 6) is 0. The molecule has 0 aromatic heterocycles. The molecule has 10 heteroatoms. The van der Waals surface area contributed by atoms with Gasteiger partial charge in [0.15, 0.2) is 0 Å². The first-order chi connectivity index (χ1) is 11.0. The van der Waals surface area contributed by atoms with E-state index in [2.05, 4.69) is 0 Å². The number of nitrogen functional groups attached to an aromatic ring is 2. The molecule has 0 aliphatic carbocycles. The topological polar surface area (TPSA) is 167 Å². The van der Waals surface area contributed by atoms with E-state index in [9.17, 15) is 28.7 Å². The zero-order valence-electron chi connectivity index (χ0n) is 12.3. The van der Waals surface area contributed by atoms with Gasteiger partial charge in [-0.1, -0.05) is 24.3 Å². The second-order valence-corrected chi connectivity index (χ2v) is 8.20. The van der Waals surface area contributed by atoms with Crippen molar-refractivity contribution in [2.24, 2.45) is 0 Å². The van der Waals surface area contributed by atoms with E-state index < -0.39 is 15.2 Å². The third kappa shape index (κ3) is 4.33. The molecule has 2 aromatic carbocycles. The van der Waals surface area contributed by atoms with Crippen LogP contribution >= 0.6 is 15.2 Å². The summed E-state index contributed by atoms with van der Waals surface area (Å²) in [5.41, 5.74) is 11.8. The van der Waals surface area contributed by atoms with Crippen molar-refractivity contribution in [3.8, 4) is 0 Å². The number of anilines is 2. The minimum atomic E-state index is -4.56. The lowest BCUT2D eigenvalue weighted by atomic mass is 10.1. The van der Waals surface area contributed by atoms with Crippen LogP contribution in [0.25, 0.3) is 12.2 Å². The van der Waals surface area contributed by atoms with Crippen molar-refractivity contribution in [3.63, 3.8) is 0 Å². The molecule has 0 saturated carbocycles. The summed E-state index contributed by atoms with van der Waals surface area (Å²) in [4.78, 5) is 37.6. The second-order valence-electron chi connectivity index (χ2n) is 5.06. The van der Waals surface area contributed by atoms with Crippen molar-refractivity contribution in [3.05, 3.63) is 47.5 Å². The molecular weight excluding hydrogens is 354 g/mol. The number of hydrogen-bond donors (Lipinski definition) is 6. The average molecular weight is 370 g/mol. The fraction of sp³-hybridized carbons (Fsp3) is 0. The molecule has 0 radical (unpaired) electrons. The smallest absolute Gasteiger partial charge is 0.356 e. The van der Waals surface area contributed by atoms with Gasteiger partial charge in [0, 0.05) is 11.4 Å². The van der Waals surface area contributed by atoms with Gasteiger partial charge in [-0.15, -0.1) is 0 Å². The van der Waals surface area contributed by atoms with E-state index in [0.29, 0.717) is 0 Å². The van der Waals surface area contributed by atoms with Crippen LogP contribution in [0.15, 0.2) is 36.4 Å². The Morgan fingerprint density at radius 2 is 1.04 bits per heavy atom. The maximum atomic E-state index is 11.6. The van der Waals surface area contributed by atoms with E-state index in [4.69, 9.17) is 11.5 Å². The van der Waals surface area contributed by atoms with Gasteiger partial charge in [-0.05, 0) is 35.4 Å². The van der Waals surface area contributed by atoms with Gasteiger partial charge < -0.3 is 31.0 Å². The Labute approximate surface area is 137 Å². The van der Waals surface area contributed by atoms with E-state index in [1.165, 1.54) is 36.4 Å². The molecule has 8 N–H and O–H groups in total. The van der Waals surface area contributed by atoms with Crippen LogP contribution in [0.3, 0.4) is 0 Å². The molecule has 0 amide bonds. The van der Waals surface area contributed by atoms with E-state index in [0.717, 1.165) is 12.1 Å². The predicted octanol–water partition coefficient (Wildman–Crippen LogP) is 0.627. The quantitative estimate of drug-likeness (QED) is 0.259. The van der Waals surface area contributed by atoms with E-state index >= 15 is 0 Å². The third-order valence-corrected chi connectivity index (χ3v) is 5.21. The van der Waals surface area contributed by atoms with Gasteiger partial charge in [0.25, 0.3) is 0 Å². The lowest BCUT2D eigenvalue weighted by Gasteiger charge is -2.11. The van der Waals surface area contributed by atoms with Crippen LogP contribution in [0.5, 0.6) is 0 Å². The second kappa shape index (κ2) is 6.53. The summed E-state index contributed by atoms with van der Waals surface area (Å²) in [6.45, 7) is 0. The Morgan fingerprint density at radius 1 is 0.708 bits per heavy atom. The number of rotatable bonds is 4. The van der Waals surface area contributed by atoms with Crippen LogP contribution in [0.2, 0.25) is 0 Å². The van der Waals surface area contributed by atoms with Gasteiger partial charge in [-0.2, -0.15) is 0 Å². The summed E-state index contributed by atoms with van der Waals surface area (Å²) in [5, 5.41) is -0.543. The molecule has 0 aliphatic heterocycles. The fourth-order valence-corrected chi connectivity index (χ4v) is 3.69. The van der Waals surface area contributed by atoms with Gasteiger partial charge in [-0.3, -0.25) is 9.13 Å². The predicted molar refractivity (Wildman–Crippen MR) is 94.0 cm³/mol. The standard InChI is InChI=1S/C14H16N2O6P2/c15-11-5-3-9(13(7-11)23(17,18)19)1-2-10-4-6-12(16)8-14(10)24(20,21)22/h1-8H,15-16H2,(H2,17,18,19)(H2,20,21,22)/b2-1+. The van der Waals surface area contributed by atoms with Crippen LogP contribution < -0.4 is 22.1 Å². The van der Waals surface area contributed by atoms with Gasteiger partial charge in [0.2, 0.25) is 0 Å². The van der Waals surface area contributed by atoms with Crippen molar-refractivity contribution >= 4 is 49.3 Å². The van der Waals surface area contributed by atoms with Crippen molar-refractivity contribution in [2.45, 2.75) is 0 Å². The van der Waals surface area contributed by atoms with Gasteiger partial charge >= 0.3 is 15.2 Å². The minimum Gasteiger partial charge on any atom is -0.399 e. The zero-order valence-corrected chi connectivity index (χ0v) is 14.1. The van der Waals surface area contributed by atoms with Crippen molar-refractivity contribution in [1.82, 2.24) is 0 Å². The molecule has 0 heterocycles. The third-order valence-electron chi connectivity index (χ3n) is 3.18. The molecule has 0 spiro atoms. The Balaban J connectivity index is 2.55. The summed E-state index contributed by atoms with van der Waals surface area (Å²) < 4.78 is 23.1. The molecule has 0 atom stereocenters. The molecule has 0 saturated heterocycles. The first kappa shape index (κ1) is 18.4. The SMILES string of the molecule is Nc1ccc(/C=C/c2ccc(N)cc2P(=O)(O)O)c(P(=O)(O)O)c1. The van der Waals surface area contributed by atoms with Crippen LogP contribution in [0.1, 0.15) is 11.1 Å². The maximum absolute atomic E-state index is 11.6. The van der Waals surface area contributed by atoms with E-state index in [-0.39, 0.29) is 33.1 Å². The molecule has 8 nitrogen and oxygen atoms in total. The number of hydrogen-bond acceptors (Lipinski definition) is 4. The first-order valence-electron chi connectivity index (χ1n) is 6.58. The maximum Gasteiger partial charge on any atom is 0.356 e. The van der Waals surface area contributed by atoms with Crippen LogP contribution in [0, 0.1) is 0 Å². The molecule has 2 aromatic rings. The molecule has 0 fully saturated rings. The van der Waals surface area contributed by atoms with Crippen molar-refractivity contribution < 1.29 is 28.7 Å². The Kier molecular flexibility index (Phi) is 5.01. The summed E-state index contributed by atoms with van der Waals surface area (Å²) in [6, 6.07) is 8.07. The van der Waals surface area contributed by atoms with Gasteiger partial charge in [-0.25, -0.2) is 0 Å². The van der Waals surface area contributed by atoms with E-state index in [1.54, 1.807) is 0 Å². The van der Waals surface area contributed by atoms with Crippen LogP contribution in [0.4, 0.5) is 11.4 Å². The van der Waals surface area contributed by atoms with Crippen molar-refractivity contribution in [2.75, 3.05) is 11.5 Å². The molecule has 0 bridgehead atoms. The van der Waals surface area contributed by atoms with Crippen LogP contribution in [-0.4, -0.2) is 19.6 Å². The summed E-state index contributed by atoms with van der Waals surface area (Å²) >= 11 is 0. The monoisotopic (exact) mass is 370 g/mol. The fourth-order valence-electron chi connectivity index (χ4n) is 2.09. The highest BCUT2D eigenvalue weighted by atomic mass is 31.2. The van der Waals surface area contributed by atoms with Crippen molar-refractivity contribution in [1.29, 1.82) is 0 Å². The normalized spacial score (nSPS) is 12.7. The highest BCUT2D eigenvalue weighted by Crippen LogP contribution is 2.37. The zero-order chi connectivity index (χ0) is 18.1. The molecule has 2 rings (SSSR count). The van der Waals surface area contributed by atoms with Gasteiger partial charge in [0.05, 0.1) is 10.6 Å². The molecule has 0 unspecified atom stereocenters.